The summed E-state index contributed by atoms with van der Waals surface area (Å²) in [7, 11) is 0. The van der Waals surface area contributed by atoms with Crippen LogP contribution in [0.2, 0.25) is 0 Å². The number of rotatable bonds is 4. The van der Waals surface area contributed by atoms with Crippen LogP contribution in [0.3, 0.4) is 0 Å². The molecule has 0 heterocycles. The number of para-hydroxylation sites is 1. The third-order valence-corrected chi connectivity index (χ3v) is 1.94. The van der Waals surface area contributed by atoms with E-state index in [0.29, 0.717) is 5.57 Å². The van der Waals surface area contributed by atoms with Crippen LogP contribution in [0, 0.1) is 0 Å². The van der Waals surface area contributed by atoms with Gasteiger partial charge in [0.25, 0.3) is 5.91 Å². The second kappa shape index (κ2) is 6.40. The topological polar surface area (TPSA) is 29.1 Å². The number of benzene rings is 1. The number of carbonyl (C=O) groups is 1. The van der Waals surface area contributed by atoms with E-state index in [1.54, 1.807) is 18.2 Å². The van der Waals surface area contributed by atoms with E-state index in [9.17, 15) is 4.79 Å². The van der Waals surface area contributed by atoms with Crippen molar-refractivity contribution in [3.63, 3.8) is 0 Å². The summed E-state index contributed by atoms with van der Waals surface area (Å²) in [5.74, 6) is -0.135. The first-order chi connectivity index (χ1) is 7.77. The van der Waals surface area contributed by atoms with Crippen molar-refractivity contribution < 1.29 is 4.79 Å². The van der Waals surface area contributed by atoms with Crippen LogP contribution in [-0.4, -0.2) is 5.91 Å². The second-order valence-electron chi connectivity index (χ2n) is 3.18. The van der Waals surface area contributed by atoms with Gasteiger partial charge in [-0.3, -0.25) is 4.79 Å². The molecule has 2 nitrogen and oxygen atoms in total. The molecule has 0 radical (unpaired) electrons. The lowest BCUT2D eigenvalue weighted by atomic mass is 10.2. The Morgan fingerprint density at radius 2 is 2.00 bits per heavy atom. The Morgan fingerprint density at radius 1 is 1.31 bits per heavy atom. The lowest BCUT2D eigenvalue weighted by molar-refractivity contribution is -0.112. The van der Waals surface area contributed by atoms with Gasteiger partial charge in [0.05, 0.1) is 0 Å². The van der Waals surface area contributed by atoms with Gasteiger partial charge in [0, 0.05) is 11.3 Å². The molecule has 2 heteroatoms. The molecule has 0 aliphatic rings. The molecule has 0 spiro atoms. The van der Waals surface area contributed by atoms with Crippen LogP contribution < -0.4 is 5.32 Å². The second-order valence-corrected chi connectivity index (χ2v) is 3.18. The third kappa shape index (κ3) is 3.58. The molecule has 0 saturated heterocycles. The molecule has 0 fully saturated rings. The highest BCUT2D eigenvalue weighted by Crippen LogP contribution is 2.08. The average molecular weight is 213 g/mol. The molecule has 1 aromatic carbocycles. The quantitative estimate of drug-likeness (QED) is 0.603. The monoisotopic (exact) mass is 213 g/mol. The van der Waals surface area contributed by atoms with Crippen LogP contribution in [0.15, 0.2) is 66.8 Å². The van der Waals surface area contributed by atoms with Gasteiger partial charge < -0.3 is 5.32 Å². The van der Waals surface area contributed by atoms with Crippen molar-refractivity contribution in [2.24, 2.45) is 0 Å². The Bertz CT molecular complexity index is 416. The van der Waals surface area contributed by atoms with Gasteiger partial charge in [-0.25, -0.2) is 0 Å². The van der Waals surface area contributed by atoms with Gasteiger partial charge in [0.1, 0.15) is 0 Å². The highest BCUT2D eigenvalue weighted by Gasteiger charge is 2.04. The van der Waals surface area contributed by atoms with Crippen molar-refractivity contribution >= 4 is 11.6 Å². The van der Waals surface area contributed by atoms with Crippen LogP contribution in [0.5, 0.6) is 0 Å². The van der Waals surface area contributed by atoms with Gasteiger partial charge in [-0.1, -0.05) is 49.1 Å². The molecule has 1 rings (SSSR count). The standard InChI is InChI=1S/C14H15NO/c1-3-8-12(9-4-2)14(16)15-13-10-6-5-7-11-13/h3-11H,1H2,2H3,(H,15,16)/b9-4-,12-8+. The molecule has 0 unspecified atom stereocenters. The number of anilines is 1. The first-order valence-electron chi connectivity index (χ1n) is 5.09. The zero-order valence-corrected chi connectivity index (χ0v) is 9.31. The number of amides is 1. The van der Waals surface area contributed by atoms with Crippen LogP contribution in [-0.2, 0) is 4.79 Å². The summed E-state index contributed by atoms with van der Waals surface area (Å²) >= 11 is 0. The van der Waals surface area contributed by atoms with E-state index in [-0.39, 0.29) is 5.91 Å². The highest BCUT2D eigenvalue weighted by atomic mass is 16.1. The molecule has 0 saturated carbocycles. The largest absolute Gasteiger partial charge is 0.322 e. The molecular weight excluding hydrogens is 198 g/mol. The molecule has 82 valence electrons. The van der Waals surface area contributed by atoms with E-state index in [0.717, 1.165) is 5.69 Å². The Balaban J connectivity index is 2.78. The predicted molar refractivity (Wildman–Crippen MR) is 68.2 cm³/mol. The molecule has 0 atom stereocenters. The van der Waals surface area contributed by atoms with E-state index in [1.807, 2.05) is 43.3 Å². The van der Waals surface area contributed by atoms with Crippen molar-refractivity contribution in [3.05, 3.63) is 66.8 Å². The minimum atomic E-state index is -0.135. The summed E-state index contributed by atoms with van der Waals surface area (Å²) in [6.07, 6.45) is 6.85. The first-order valence-corrected chi connectivity index (χ1v) is 5.09. The van der Waals surface area contributed by atoms with Gasteiger partial charge in [-0.05, 0) is 19.1 Å². The van der Waals surface area contributed by atoms with Gasteiger partial charge in [0.15, 0.2) is 0 Å². The van der Waals surface area contributed by atoms with Gasteiger partial charge in [0.2, 0.25) is 0 Å². The Hall–Kier alpha value is -2.09. The first kappa shape index (κ1) is 12.0. The number of hydrogen-bond donors (Lipinski definition) is 1. The molecule has 0 bridgehead atoms. The number of allylic oxidation sites excluding steroid dienone is 3. The van der Waals surface area contributed by atoms with Gasteiger partial charge in [-0.2, -0.15) is 0 Å². The summed E-state index contributed by atoms with van der Waals surface area (Å²) in [5.41, 5.74) is 1.37. The van der Waals surface area contributed by atoms with Gasteiger partial charge in [-0.15, -0.1) is 0 Å². The number of carbonyl (C=O) groups excluding carboxylic acids is 1. The fourth-order valence-electron chi connectivity index (χ4n) is 1.24. The zero-order chi connectivity index (χ0) is 11.8. The van der Waals surface area contributed by atoms with Crippen LogP contribution in [0.1, 0.15) is 6.92 Å². The van der Waals surface area contributed by atoms with E-state index >= 15 is 0 Å². The van der Waals surface area contributed by atoms with Crippen molar-refractivity contribution in [2.45, 2.75) is 6.92 Å². The van der Waals surface area contributed by atoms with Crippen LogP contribution in [0.4, 0.5) is 5.69 Å². The molecule has 1 N–H and O–H groups in total. The van der Waals surface area contributed by atoms with E-state index < -0.39 is 0 Å². The smallest absolute Gasteiger partial charge is 0.255 e. The third-order valence-electron chi connectivity index (χ3n) is 1.94. The van der Waals surface area contributed by atoms with Crippen molar-refractivity contribution in [1.29, 1.82) is 0 Å². The summed E-state index contributed by atoms with van der Waals surface area (Å²) in [5, 5.41) is 2.81. The lowest BCUT2D eigenvalue weighted by Gasteiger charge is -2.04. The minimum absolute atomic E-state index is 0.135. The number of nitrogens with one attached hydrogen (secondary N) is 1. The fourth-order valence-corrected chi connectivity index (χ4v) is 1.24. The summed E-state index contributed by atoms with van der Waals surface area (Å²) < 4.78 is 0. The maximum atomic E-state index is 11.8. The molecule has 1 aromatic rings. The van der Waals surface area contributed by atoms with Crippen LogP contribution in [0.25, 0.3) is 0 Å². The summed E-state index contributed by atoms with van der Waals surface area (Å²) in [6, 6.07) is 9.35. The Kier molecular flexibility index (Phi) is 4.80. The maximum absolute atomic E-state index is 11.8. The summed E-state index contributed by atoms with van der Waals surface area (Å²) in [6.45, 7) is 5.45. The fraction of sp³-hybridized carbons (Fsp3) is 0.0714. The zero-order valence-electron chi connectivity index (χ0n) is 9.31. The van der Waals surface area contributed by atoms with E-state index in [1.165, 1.54) is 0 Å². The molecule has 0 aliphatic carbocycles. The Morgan fingerprint density at radius 3 is 2.56 bits per heavy atom. The lowest BCUT2D eigenvalue weighted by Crippen LogP contribution is -2.12. The SMILES string of the molecule is C=C/C=C(\C=C/C)C(=O)Nc1ccccc1. The van der Waals surface area contributed by atoms with Crippen molar-refractivity contribution in [1.82, 2.24) is 0 Å². The minimum Gasteiger partial charge on any atom is -0.322 e. The number of hydrogen-bond acceptors (Lipinski definition) is 1. The van der Waals surface area contributed by atoms with Crippen molar-refractivity contribution in [2.75, 3.05) is 5.32 Å². The van der Waals surface area contributed by atoms with Crippen molar-refractivity contribution in [3.8, 4) is 0 Å². The molecule has 0 aliphatic heterocycles. The molecular formula is C14H15NO. The maximum Gasteiger partial charge on any atom is 0.255 e. The van der Waals surface area contributed by atoms with Crippen LogP contribution >= 0.6 is 0 Å². The molecule has 16 heavy (non-hydrogen) atoms. The highest BCUT2D eigenvalue weighted by molar-refractivity contribution is 6.05. The average Bonchev–Trinajstić information content (AvgIpc) is 2.30. The Labute approximate surface area is 96.0 Å². The molecule has 0 aromatic heterocycles. The predicted octanol–water partition coefficient (Wildman–Crippen LogP) is 3.31. The van der Waals surface area contributed by atoms with E-state index in [2.05, 4.69) is 11.9 Å². The molecule has 1 amide bonds. The van der Waals surface area contributed by atoms with Gasteiger partial charge >= 0.3 is 0 Å². The van der Waals surface area contributed by atoms with E-state index in [4.69, 9.17) is 0 Å². The normalized spacial score (nSPS) is 11.4. The summed E-state index contributed by atoms with van der Waals surface area (Å²) in [4.78, 5) is 11.8.